The molecule has 8 N–H and O–H groups in total. The van der Waals surface area contributed by atoms with E-state index in [-0.39, 0.29) is 23.5 Å². The van der Waals surface area contributed by atoms with E-state index in [1.807, 2.05) is 0 Å². The number of phenols is 1. The van der Waals surface area contributed by atoms with Gasteiger partial charge in [0.25, 0.3) is 0 Å². The van der Waals surface area contributed by atoms with Crippen molar-refractivity contribution in [3.8, 4) is 5.75 Å². The number of esters is 2. The SMILES string of the molecule is C/C=C1\C(CC(=O)OC[C@H]2O[C@@H](OCCc3ccc(O)cc3)[C@H](O)[C@@H](O)[C@@H]2O)C(C(=O)OC)=CO[C@H]1O[C@@H]1O[C@H](CO)[C@@H](O)[C@H](O)[C@H]1O. The van der Waals surface area contributed by atoms with Crippen LogP contribution in [0.3, 0.4) is 0 Å². The molecule has 3 aliphatic rings. The van der Waals surface area contributed by atoms with Crippen LogP contribution in [0.4, 0.5) is 0 Å². The minimum Gasteiger partial charge on any atom is -0.508 e. The van der Waals surface area contributed by atoms with Gasteiger partial charge in [-0.15, -0.1) is 0 Å². The number of carbonyl (C=O) groups is 2. The Morgan fingerprint density at radius 2 is 1.50 bits per heavy atom. The van der Waals surface area contributed by atoms with Gasteiger partial charge in [-0.2, -0.15) is 0 Å². The summed E-state index contributed by atoms with van der Waals surface area (Å²) >= 11 is 0. The van der Waals surface area contributed by atoms with Crippen LogP contribution in [-0.4, -0.2) is 147 Å². The van der Waals surface area contributed by atoms with Gasteiger partial charge in [-0.05, 0) is 31.0 Å². The van der Waals surface area contributed by atoms with Crippen LogP contribution in [0.5, 0.6) is 5.75 Å². The fraction of sp³-hybridized carbons (Fsp3) is 0.613. The van der Waals surface area contributed by atoms with E-state index in [1.165, 1.54) is 18.2 Å². The summed E-state index contributed by atoms with van der Waals surface area (Å²) in [5.41, 5.74) is 0.922. The van der Waals surface area contributed by atoms with E-state index < -0.39 is 105 Å². The number of carbonyl (C=O) groups excluding carboxylic acids is 2. The van der Waals surface area contributed by atoms with Gasteiger partial charge in [-0.3, -0.25) is 4.79 Å². The van der Waals surface area contributed by atoms with Gasteiger partial charge >= 0.3 is 11.9 Å². The maximum atomic E-state index is 13.1. The summed E-state index contributed by atoms with van der Waals surface area (Å²) in [6.07, 6.45) is -14.6. The second-order valence-electron chi connectivity index (χ2n) is 11.4. The van der Waals surface area contributed by atoms with E-state index in [0.717, 1.165) is 18.9 Å². The van der Waals surface area contributed by atoms with Crippen molar-refractivity contribution >= 4 is 11.9 Å². The Morgan fingerprint density at radius 1 is 0.875 bits per heavy atom. The molecule has 0 saturated carbocycles. The van der Waals surface area contributed by atoms with E-state index in [9.17, 15) is 50.4 Å². The minimum atomic E-state index is -1.75. The fourth-order valence-corrected chi connectivity index (χ4v) is 5.47. The van der Waals surface area contributed by atoms with Crippen LogP contribution in [0.1, 0.15) is 18.9 Å². The van der Waals surface area contributed by atoms with Gasteiger partial charge in [0.15, 0.2) is 12.6 Å². The molecule has 1 unspecified atom stereocenters. The van der Waals surface area contributed by atoms with Crippen LogP contribution >= 0.6 is 0 Å². The van der Waals surface area contributed by atoms with Crippen molar-refractivity contribution < 1.29 is 83.6 Å². The molecule has 0 bridgehead atoms. The van der Waals surface area contributed by atoms with E-state index in [4.69, 9.17) is 33.2 Å². The van der Waals surface area contributed by atoms with Gasteiger partial charge in [0.1, 0.15) is 61.2 Å². The normalized spacial score (nSPS) is 36.2. The maximum absolute atomic E-state index is 13.1. The molecule has 0 aromatic heterocycles. The Hall–Kier alpha value is -3.20. The highest BCUT2D eigenvalue weighted by Crippen LogP contribution is 2.36. The van der Waals surface area contributed by atoms with Crippen LogP contribution < -0.4 is 0 Å². The van der Waals surface area contributed by atoms with Gasteiger partial charge in [0.2, 0.25) is 6.29 Å². The second kappa shape index (κ2) is 17.0. The highest BCUT2D eigenvalue weighted by atomic mass is 16.8. The van der Waals surface area contributed by atoms with Gasteiger partial charge in [-0.1, -0.05) is 18.2 Å². The second-order valence-corrected chi connectivity index (χ2v) is 11.4. The number of benzene rings is 1. The standard InChI is InChI=1S/C31H42O17/c1-3-16-17(18(28(41)42-2)12-45-29(16)48-31-27(40)24(37)22(35)19(11-32)46-31)10-21(34)44-13-20-23(36)25(38)26(39)30(47-20)43-9-8-14-4-6-15(33)7-5-14/h3-7,12,17,19-20,22-27,29-33,35-40H,8-11,13H2,1-2H3/b16-3+/t17?,19-,20-,22-,23-,24+,25+,26-,27-,29+,30-,31+/m1/s1. The molecular formula is C31H42O17. The number of aromatic hydroxyl groups is 1. The molecule has 0 spiro atoms. The number of rotatable bonds is 12. The Morgan fingerprint density at radius 3 is 2.12 bits per heavy atom. The number of hydrogen-bond donors (Lipinski definition) is 8. The number of ether oxygens (including phenoxy) is 7. The summed E-state index contributed by atoms with van der Waals surface area (Å²) in [5, 5.41) is 80.8. The van der Waals surface area contributed by atoms with Gasteiger partial charge in [-0.25, -0.2) is 4.79 Å². The molecule has 17 heteroatoms. The number of aliphatic hydroxyl groups is 7. The summed E-state index contributed by atoms with van der Waals surface area (Å²) in [6.45, 7) is 0.335. The summed E-state index contributed by atoms with van der Waals surface area (Å²) < 4.78 is 38.0. The molecule has 4 rings (SSSR count). The Kier molecular flexibility index (Phi) is 13.3. The summed E-state index contributed by atoms with van der Waals surface area (Å²) in [7, 11) is 1.12. The van der Waals surface area contributed by atoms with Crippen LogP contribution in [0, 0.1) is 5.92 Å². The zero-order valence-corrected chi connectivity index (χ0v) is 26.2. The molecule has 2 fully saturated rings. The first-order chi connectivity index (χ1) is 22.9. The topological polar surface area (TPSA) is 261 Å². The van der Waals surface area contributed by atoms with Crippen LogP contribution in [0.25, 0.3) is 0 Å². The van der Waals surface area contributed by atoms with E-state index in [0.29, 0.717) is 6.42 Å². The Balaban J connectivity index is 1.39. The Labute approximate surface area is 275 Å². The monoisotopic (exact) mass is 686 g/mol. The molecule has 12 atom stereocenters. The van der Waals surface area contributed by atoms with Gasteiger partial charge in [0, 0.05) is 11.5 Å². The molecule has 3 heterocycles. The van der Waals surface area contributed by atoms with Gasteiger partial charge in [0.05, 0.1) is 38.6 Å². The zero-order chi connectivity index (χ0) is 35.1. The fourth-order valence-electron chi connectivity index (χ4n) is 5.47. The van der Waals surface area contributed by atoms with E-state index in [1.54, 1.807) is 19.1 Å². The number of phenolic OH excluding ortho intramolecular Hbond substituents is 1. The largest absolute Gasteiger partial charge is 0.508 e. The zero-order valence-electron chi connectivity index (χ0n) is 26.2. The third kappa shape index (κ3) is 8.68. The third-order valence-corrected chi connectivity index (χ3v) is 8.29. The highest BCUT2D eigenvalue weighted by molar-refractivity contribution is 5.90. The number of methoxy groups -OCH3 is 1. The van der Waals surface area contributed by atoms with Gasteiger partial charge < -0.3 is 74.0 Å². The lowest BCUT2D eigenvalue weighted by Gasteiger charge is -2.42. The van der Waals surface area contributed by atoms with Crippen molar-refractivity contribution in [1.29, 1.82) is 0 Å². The third-order valence-electron chi connectivity index (χ3n) is 8.29. The van der Waals surface area contributed by atoms with Crippen molar-refractivity contribution in [3.63, 3.8) is 0 Å². The van der Waals surface area contributed by atoms with E-state index >= 15 is 0 Å². The lowest BCUT2D eigenvalue weighted by atomic mass is 9.86. The van der Waals surface area contributed by atoms with Crippen molar-refractivity contribution in [1.82, 2.24) is 0 Å². The average molecular weight is 687 g/mol. The first-order valence-electron chi connectivity index (χ1n) is 15.2. The highest BCUT2D eigenvalue weighted by Gasteiger charge is 2.48. The predicted octanol–water partition coefficient (Wildman–Crippen LogP) is -2.52. The summed E-state index contributed by atoms with van der Waals surface area (Å²) in [6, 6.07) is 6.37. The van der Waals surface area contributed by atoms with Crippen LogP contribution in [0.2, 0.25) is 0 Å². The maximum Gasteiger partial charge on any atom is 0.337 e. The molecule has 0 radical (unpaired) electrons. The van der Waals surface area contributed by atoms with Crippen molar-refractivity contribution in [2.24, 2.45) is 5.92 Å². The lowest BCUT2D eigenvalue weighted by molar-refractivity contribution is -0.327. The lowest BCUT2D eigenvalue weighted by Crippen LogP contribution is -2.60. The van der Waals surface area contributed by atoms with Crippen molar-refractivity contribution in [2.45, 2.75) is 87.5 Å². The smallest absolute Gasteiger partial charge is 0.337 e. The molecule has 268 valence electrons. The molecule has 3 aliphatic heterocycles. The molecule has 1 aromatic rings. The molecule has 0 aliphatic carbocycles. The quantitative estimate of drug-likeness (QED) is 0.0834. The van der Waals surface area contributed by atoms with Crippen molar-refractivity contribution in [3.05, 3.63) is 53.3 Å². The van der Waals surface area contributed by atoms with Crippen LogP contribution in [0.15, 0.2) is 47.7 Å². The molecule has 0 amide bonds. The number of allylic oxidation sites excluding steroid dienone is 1. The Bertz CT molecular complexity index is 1280. The average Bonchev–Trinajstić information content (AvgIpc) is 3.08. The summed E-state index contributed by atoms with van der Waals surface area (Å²) in [5.74, 6) is -2.69. The van der Waals surface area contributed by atoms with Crippen molar-refractivity contribution in [2.75, 3.05) is 26.9 Å². The molecule has 1 aromatic carbocycles. The minimum absolute atomic E-state index is 0.0483. The molecule has 48 heavy (non-hydrogen) atoms. The first-order valence-corrected chi connectivity index (χ1v) is 15.2. The number of aliphatic hydroxyl groups excluding tert-OH is 7. The van der Waals surface area contributed by atoms with E-state index in [2.05, 4.69) is 0 Å². The number of hydrogen-bond acceptors (Lipinski definition) is 17. The summed E-state index contributed by atoms with van der Waals surface area (Å²) in [4.78, 5) is 25.7. The molecule has 17 nitrogen and oxygen atoms in total. The first kappa shape index (κ1) is 37.6. The molecular weight excluding hydrogens is 644 g/mol. The predicted molar refractivity (Wildman–Crippen MR) is 157 cm³/mol. The van der Waals surface area contributed by atoms with Crippen LogP contribution in [-0.2, 0) is 49.2 Å². The molecule has 2 saturated heterocycles.